The van der Waals surface area contributed by atoms with Gasteiger partial charge in [-0.3, -0.25) is 14.4 Å². The van der Waals surface area contributed by atoms with E-state index in [1.165, 1.54) is 37.8 Å². The summed E-state index contributed by atoms with van der Waals surface area (Å²) >= 11 is 11.8. The van der Waals surface area contributed by atoms with E-state index in [-0.39, 0.29) is 29.6 Å². The minimum absolute atomic E-state index is 0.0478. The molecule has 152 valence electrons. The van der Waals surface area contributed by atoms with E-state index in [4.69, 9.17) is 23.2 Å². The third-order valence-corrected chi connectivity index (χ3v) is 6.21. The highest BCUT2D eigenvalue weighted by molar-refractivity contribution is 6.36. The second-order valence-electron chi connectivity index (χ2n) is 7.52. The molecule has 0 radical (unpaired) electrons. The molecule has 1 aliphatic heterocycles. The molecule has 28 heavy (non-hydrogen) atoms. The number of hydrogen-bond donors (Lipinski definition) is 2. The second-order valence-corrected chi connectivity index (χ2v) is 8.36. The van der Waals surface area contributed by atoms with Crippen molar-refractivity contribution < 1.29 is 14.4 Å². The van der Waals surface area contributed by atoms with Crippen molar-refractivity contribution in [3.8, 4) is 0 Å². The summed E-state index contributed by atoms with van der Waals surface area (Å²) in [5.74, 6) is 0.402. The monoisotopic (exact) mass is 425 g/mol. The van der Waals surface area contributed by atoms with E-state index < -0.39 is 11.8 Å². The fourth-order valence-electron chi connectivity index (χ4n) is 4.11. The van der Waals surface area contributed by atoms with Crippen LogP contribution in [0.1, 0.15) is 42.5 Å². The quantitative estimate of drug-likeness (QED) is 0.760. The van der Waals surface area contributed by atoms with E-state index in [2.05, 4.69) is 10.6 Å². The van der Waals surface area contributed by atoms with Gasteiger partial charge in [0, 0.05) is 18.1 Å². The molecule has 1 aliphatic carbocycles. The molecule has 0 unspecified atom stereocenters. The Balaban J connectivity index is 1.40. The van der Waals surface area contributed by atoms with Gasteiger partial charge in [-0.25, -0.2) is 0 Å². The summed E-state index contributed by atoms with van der Waals surface area (Å²) in [6.07, 6.45) is 6.08. The molecule has 2 fully saturated rings. The number of nitrogens with zero attached hydrogens (tertiary/aromatic N) is 1. The van der Waals surface area contributed by atoms with Crippen molar-refractivity contribution in [2.45, 2.75) is 32.1 Å². The number of fused-ring (bicyclic) bond motifs is 1. The van der Waals surface area contributed by atoms with Gasteiger partial charge in [-0.1, -0.05) is 42.5 Å². The Hall–Kier alpha value is -1.79. The molecule has 1 saturated heterocycles. The molecule has 2 atom stereocenters. The molecular formula is C20H25Cl2N3O3. The van der Waals surface area contributed by atoms with E-state index in [9.17, 15) is 14.4 Å². The fourth-order valence-corrected chi connectivity index (χ4v) is 4.60. The first-order valence-electron chi connectivity index (χ1n) is 9.71. The first-order chi connectivity index (χ1) is 13.4. The molecule has 0 bridgehead atoms. The van der Waals surface area contributed by atoms with Crippen molar-refractivity contribution in [2.75, 3.05) is 26.2 Å². The van der Waals surface area contributed by atoms with E-state index in [1.807, 2.05) is 4.90 Å². The number of piperidine rings is 1. The Morgan fingerprint density at radius 2 is 1.75 bits per heavy atom. The molecule has 1 saturated carbocycles. The minimum atomic E-state index is -0.470. The summed E-state index contributed by atoms with van der Waals surface area (Å²) in [6, 6.07) is 4.51. The predicted molar refractivity (Wildman–Crippen MR) is 108 cm³/mol. The Morgan fingerprint density at radius 1 is 1.00 bits per heavy atom. The molecule has 1 heterocycles. The number of halogens is 2. The second kappa shape index (κ2) is 9.61. The first-order valence-corrected chi connectivity index (χ1v) is 10.5. The molecule has 2 N–H and O–H groups in total. The minimum Gasteiger partial charge on any atom is -0.345 e. The van der Waals surface area contributed by atoms with E-state index in [0.717, 1.165) is 25.4 Å². The van der Waals surface area contributed by atoms with Gasteiger partial charge in [0.05, 0.1) is 23.7 Å². The van der Waals surface area contributed by atoms with Crippen molar-refractivity contribution in [2.24, 2.45) is 11.8 Å². The number of rotatable bonds is 5. The molecule has 8 heteroatoms. The molecule has 2 aliphatic rings. The topological polar surface area (TPSA) is 78.5 Å². The Bertz CT molecular complexity index is 756. The SMILES string of the molecule is O=C(CNC(=O)c1ccc(Cl)cc1Cl)NCC(=O)N1CC[C@H]2CCCC[C@H]2C1. The van der Waals surface area contributed by atoms with E-state index >= 15 is 0 Å². The maximum absolute atomic E-state index is 12.4. The Kier molecular flexibility index (Phi) is 7.18. The van der Waals surface area contributed by atoms with Gasteiger partial charge >= 0.3 is 0 Å². The number of benzene rings is 1. The van der Waals surface area contributed by atoms with Gasteiger partial charge in [0.25, 0.3) is 5.91 Å². The third kappa shape index (κ3) is 5.39. The normalized spacial score (nSPS) is 21.6. The summed E-state index contributed by atoms with van der Waals surface area (Å²) in [7, 11) is 0. The highest BCUT2D eigenvalue weighted by Gasteiger charge is 2.32. The van der Waals surface area contributed by atoms with Crippen molar-refractivity contribution in [1.29, 1.82) is 0 Å². The number of carbonyl (C=O) groups is 3. The summed E-state index contributed by atoms with van der Waals surface area (Å²) in [4.78, 5) is 38.4. The first kappa shape index (κ1) is 20.9. The van der Waals surface area contributed by atoms with Gasteiger partial charge < -0.3 is 15.5 Å². The summed E-state index contributed by atoms with van der Waals surface area (Å²) in [6.45, 7) is 1.29. The van der Waals surface area contributed by atoms with Gasteiger partial charge in [0.1, 0.15) is 0 Å². The third-order valence-electron chi connectivity index (χ3n) is 5.67. The Morgan fingerprint density at radius 3 is 2.50 bits per heavy atom. The molecule has 0 aromatic heterocycles. The van der Waals surface area contributed by atoms with Crippen LogP contribution in [-0.4, -0.2) is 48.8 Å². The van der Waals surface area contributed by atoms with Gasteiger partial charge in [-0.15, -0.1) is 0 Å². The zero-order valence-electron chi connectivity index (χ0n) is 15.7. The largest absolute Gasteiger partial charge is 0.345 e. The van der Waals surface area contributed by atoms with Crippen LogP contribution in [0.2, 0.25) is 10.0 Å². The van der Waals surface area contributed by atoms with Crippen molar-refractivity contribution in [3.05, 3.63) is 33.8 Å². The van der Waals surface area contributed by atoms with Crippen LogP contribution < -0.4 is 10.6 Å². The van der Waals surface area contributed by atoms with Crippen LogP contribution in [0.4, 0.5) is 0 Å². The van der Waals surface area contributed by atoms with Crippen molar-refractivity contribution in [3.63, 3.8) is 0 Å². The lowest BCUT2D eigenvalue weighted by molar-refractivity contribution is -0.135. The van der Waals surface area contributed by atoms with Gasteiger partial charge in [-0.2, -0.15) is 0 Å². The lowest BCUT2D eigenvalue weighted by Crippen LogP contribution is -2.49. The van der Waals surface area contributed by atoms with Crippen LogP contribution >= 0.6 is 23.2 Å². The molecule has 0 spiro atoms. The number of carbonyl (C=O) groups excluding carboxylic acids is 3. The predicted octanol–water partition coefficient (Wildman–Crippen LogP) is 2.88. The molecule has 1 aromatic rings. The van der Waals surface area contributed by atoms with Crippen LogP contribution in [0.25, 0.3) is 0 Å². The number of hydrogen-bond acceptors (Lipinski definition) is 3. The molecule has 6 nitrogen and oxygen atoms in total. The molecule has 1 aromatic carbocycles. The molecule has 3 amide bonds. The lowest BCUT2D eigenvalue weighted by Gasteiger charge is -2.41. The van der Waals surface area contributed by atoms with Crippen LogP contribution in [0.5, 0.6) is 0 Å². The highest BCUT2D eigenvalue weighted by Crippen LogP contribution is 2.35. The maximum atomic E-state index is 12.4. The Labute approximate surface area is 174 Å². The average Bonchev–Trinajstić information content (AvgIpc) is 2.69. The number of nitrogens with one attached hydrogen (secondary N) is 2. The standard InChI is InChI=1S/C20H25Cl2N3O3/c21-15-5-6-16(17(22)9-15)20(28)24-10-18(26)23-11-19(27)25-8-7-13-3-1-2-4-14(13)12-25/h5-6,9,13-14H,1-4,7-8,10-12H2,(H,23,26)(H,24,28)/t13-,14+/m1/s1. The number of amides is 3. The maximum Gasteiger partial charge on any atom is 0.253 e. The number of likely N-dealkylation sites (tertiary alicyclic amines) is 1. The van der Waals surface area contributed by atoms with E-state index in [0.29, 0.717) is 10.9 Å². The summed E-state index contributed by atoms with van der Waals surface area (Å²) in [5.41, 5.74) is 0.241. The fraction of sp³-hybridized carbons (Fsp3) is 0.550. The van der Waals surface area contributed by atoms with Gasteiger partial charge in [0.15, 0.2) is 0 Å². The molecule has 3 rings (SSSR count). The zero-order valence-corrected chi connectivity index (χ0v) is 17.2. The smallest absolute Gasteiger partial charge is 0.253 e. The van der Waals surface area contributed by atoms with Crippen LogP contribution in [0.15, 0.2) is 18.2 Å². The van der Waals surface area contributed by atoms with Crippen molar-refractivity contribution >= 4 is 40.9 Å². The van der Waals surface area contributed by atoms with Crippen LogP contribution in [0.3, 0.4) is 0 Å². The van der Waals surface area contributed by atoms with Crippen molar-refractivity contribution in [1.82, 2.24) is 15.5 Å². The average molecular weight is 426 g/mol. The van der Waals surface area contributed by atoms with Gasteiger partial charge in [-0.05, 0) is 42.9 Å². The summed E-state index contributed by atoms with van der Waals surface area (Å²) < 4.78 is 0. The van der Waals surface area contributed by atoms with E-state index in [1.54, 1.807) is 6.07 Å². The summed E-state index contributed by atoms with van der Waals surface area (Å²) in [5, 5.41) is 5.72. The lowest BCUT2D eigenvalue weighted by atomic mass is 9.75. The van der Waals surface area contributed by atoms with Gasteiger partial charge in [0.2, 0.25) is 11.8 Å². The van der Waals surface area contributed by atoms with Crippen LogP contribution in [-0.2, 0) is 9.59 Å². The molecular weight excluding hydrogens is 401 g/mol. The highest BCUT2D eigenvalue weighted by atomic mass is 35.5. The van der Waals surface area contributed by atoms with Crippen LogP contribution in [0, 0.1) is 11.8 Å². The zero-order chi connectivity index (χ0) is 20.1.